The predicted molar refractivity (Wildman–Crippen MR) is 68.3 cm³/mol. The number of hydrogen-bond acceptors (Lipinski definition) is 3. The van der Waals surface area contributed by atoms with Crippen LogP contribution in [-0.2, 0) is 15.1 Å². The van der Waals surface area contributed by atoms with Gasteiger partial charge in [0.15, 0.2) is 0 Å². The lowest BCUT2D eigenvalue weighted by Gasteiger charge is -2.13. The molecule has 0 aromatic carbocycles. The first-order valence-electron chi connectivity index (χ1n) is 5.40. The molecular weight excluding hydrogens is 284 g/mol. The summed E-state index contributed by atoms with van der Waals surface area (Å²) in [6, 6.07) is 0. The quantitative estimate of drug-likeness (QED) is 0.599. The van der Waals surface area contributed by atoms with E-state index in [0.29, 0.717) is 12.2 Å². The van der Waals surface area contributed by atoms with Crippen LogP contribution in [-0.4, -0.2) is 21.3 Å². The van der Waals surface area contributed by atoms with Gasteiger partial charge in [0.25, 0.3) is 0 Å². The summed E-state index contributed by atoms with van der Waals surface area (Å²) in [6.07, 6.45) is 4.87. The first-order chi connectivity index (χ1) is 7.99. The molecule has 0 N–H and O–H groups in total. The lowest BCUT2D eigenvalue weighted by atomic mass is 10.0. The number of hydrogen-bond donors (Lipinski definition) is 0. The van der Waals surface area contributed by atoms with E-state index in [2.05, 4.69) is 10.3 Å². The second-order valence-corrected chi connectivity index (χ2v) is 6.07. The van der Waals surface area contributed by atoms with Crippen LogP contribution < -0.4 is 0 Å². The van der Waals surface area contributed by atoms with Gasteiger partial charge >= 0.3 is 0 Å². The van der Waals surface area contributed by atoms with Gasteiger partial charge in [-0.3, -0.25) is 0 Å². The van der Waals surface area contributed by atoms with Crippen molar-refractivity contribution in [2.24, 2.45) is 5.92 Å². The Morgan fingerprint density at radius 1 is 1.53 bits per heavy atom. The lowest BCUT2D eigenvalue weighted by Crippen LogP contribution is -2.13. The molecule has 1 atom stereocenters. The standard InChI is InChI=1S/C10H14Cl3N3O/c1-2-8(7-17)4-3-5-16-9(6-14-15-16)10(11,12)13/h6-8H,2-5H2,1H3. The monoisotopic (exact) mass is 297 g/mol. The Hall–Kier alpha value is -0.320. The van der Waals surface area contributed by atoms with Crippen molar-refractivity contribution >= 4 is 41.1 Å². The van der Waals surface area contributed by atoms with Crippen molar-refractivity contribution in [2.75, 3.05) is 0 Å². The molecule has 1 aromatic rings. The highest BCUT2D eigenvalue weighted by atomic mass is 35.6. The Balaban J connectivity index is 2.53. The molecule has 0 radical (unpaired) electrons. The smallest absolute Gasteiger partial charge is 0.233 e. The van der Waals surface area contributed by atoms with Crippen LogP contribution in [0.3, 0.4) is 0 Å². The highest BCUT2D eigenvalue weighted by molar-refractivity contribution is 6.66. The van der Waals surface area contributed by atoms with E-state index in [0.717, 1.165) is 25.5 Å². The number of carbonyl (C=O) groups excluding carboxylic acids is 1. The second kappa shape index (κ2) is 6.57. The summed E-state index contributed by atoms with van der Waals surface area (Å²) in [5, 5.41) is 7.57. The molecule has 0 bridgehead atoms. The van der Waals surface area contributed by atoms with Crippen molar-refractivity contribution in [1.29, 1.82) is 0 Å². The SMILES string of the molecule is CCC(C=O)CCCn1nncc1C(Cl)(Cl)Cl. The highest BCUT2D eigenvalue weighted by Crippen LogP contribution is 2.37. The molecule has 0 amide bonds. The second-order valence-electron chi connectivity index (χ2n) is 3.79. The van der Waals surface area contributed by atoms with Crippen molar-refractivity contribution in [3.8, 4) is 0 Å². The number of rotatable bonds is 6. The molecule has 1 unspecified atom stereocenters. The summed E-state index contributed by atoms with van der Waals surface area (Å²) >= 11 is 17.3. The average Bonchev–Trinajstić information content (AvgIpc) is 2.72. The summed E-state index contributed by atoms with van der Waals surface area (Å²) < 4.78 is 0.0445. The number of alkyl halides is 3. The minimum Gasteiger partial charge on any atom is -0.303 e. The molecule has 0 saturated heterocycles. The fraction of sp³-hybridized carbons (Fsp3) is 0.700. The molecule has 1 heterocycles. The largest absolute Gasteiger partial charge is 0.303 e. The molecule has 7 heteroatoms. The summed E-state index contributed by atoms with van der Waals surface area (Å²) in [4.78, 5) is 10.7. The van der Waals surface area contributed by atoms with Crippen LogP contribution in [0.1, 0.15) is 31.9 Å². The molecule has 0 aliphatic rings. The highest BCUT2D eigenvalue weighted by Gasteiger charge is 2.27. The Bertz CT molecular complexity index is 362. The number of aryl methyl sites for hydroxylation is 1. The van der Waals surface area contributed by atoms with Gasteiger partial charge in [0.2, 0.25) is 3.79 Å². The molecule has 1 rings (SSSR count). The third-order valence-corrected chi connectivity index (χ3v) is 3.15. The fourth-order valence-corrected chi connectivity index (χ4v) is 1.95. The normalized spacial score (nSPS) is 13.6. The van der Waals surface area contributed by atoms with Gasteiger partial charge in [-0.25, -0.2) is 4.68 Å². The van der Waals surface area contributed by atoms with Gasteiger partial charge in [-0.1, -0.05) is 46.9 Å². The summed E-state index contributed by atoms with van der Waals surface area (Å²) in [5.74, 6) is 0.0923. The van der Waals surface area contributed by atoms with Crippen molar-refractivity contribution in [3.05, 3.63) is 11.9 Å². The molecule has 0 aliphatic carbocycles. The zero-order valence-corrected chi connectivity index (χ0v) is 11.7. The van der Waals surface area contributed by atoms with E-state index in [1.165, 1.54) is 6.20 Å². The molecule has 4 nitrogen and oxygen atoms in total. The van der Waals surface area contributed by atoms with Crippen LogP contribution in [0.5, 0.6) is 0 Å². The van der Waals surface area contributed by atoms with Crippen LogP contribution in [0, 0.1) is 5.92 Å². The molecule has 17 heavy (non-hydrogen) atoms. The van der Waals surface area contributed by atoms with E-state index in [4.69, 9.17) is 34.8 Å². The van der Waals surface area contributed by atoms with Gasteiger partial charge in [0.05, 0.1) is 6.20 Å². The zero-order chi connectivity index (χ0) is 12.9. The average molecular weight is 299 g/mol. The minimum atomic E-state index is -1.52. The molecule has 0 aliphatic heterocycles. The fourth-order valence-electron chi connectivity index (χ4n) is 1.51. The number of carbonyl (C=O) groups is 1. The Kier molecular flexibility index (Phi) is 5.70. The molecule has 1 aromatic heterocycles. The summed E-state index contributed by atoms with van der Waals surface area (Å²) in [5.41, 5.74) is 0.446. The van der Waals surface area contributed by atoms with Gasteiger partial charge in [-0.15, -0.1) is 5.10 Å². The Morgan fingerprint density at radius 2 is 2.24 bits per heavy atom. The maximum atomic E-state index is 10.7. The number of aldehydes is 1. The number of halogens is 3. The zero-order valence-electron chi connectivity index (χ0n) is 9.44. The van der Waals surface area contributed by atoms with Crippen LogP contribution in [0.15, 0.2) is 6.20 Å². The number of aromatic nitrogens is 3. The van der Waals surface area contributed by atoms with E-state index >= 15 is 0 Å². The van der Waals surface area contributed by atoms with E-state index in [-0.39, 0.29) is 5.92 Å². The summed E-state index contributed by atoms with van der Waals surface area (Å²) in [6.45, 7) is 2.58. The van der Waals surface area contributed by atoms with Crippen molar-refractivity contribution in [1.82, 2.24) is 15.0 Å². The van der Waals surface area contributed by atoms with Crippen LogP contribution >= 0.6 is 34.8 Å². The Morgan fingerprint density at radius 3 is 2.76 bits per heavy atom. The minimum absolute atomic E-state index is 0.0923. The van der Waals surface area contributed by atoms with Crippen molar-refractivity contribution in [3.63, 3.8) is 0 Å². The molecule has 96 valence electrons. The molecular formula is C10H14Cl3N3O. The maximum Gasteiger partial charge on any atom is 0.233 e. The van der Waals surface area contributed by atoms with Gasteiger partial charge in [-0.2, -0.15) is 0 Å². The van der Waals surface area contributed by atoms with E-state index < -0.39 is 3.79 Å². The van der Waals surface area contributed by atoms with Crippen molar-refractivity contribution in [2.45, 2.75) is 36.5 Å². The van der Waals surface area contributed by atoms with Gasteiger partial charge in [0.1, 0.15) is 12.0 Å². The predicted octanol–water partition coefficient (Wildman–Crippen LogP) is 3.11. The van der Waals surface area contributed by atoms with Crippen LogP contribution in [0.25, 0.3) is 0 Å². The molecule has 0 fully saturated rings. The van der Waals surface area contributed by atoms with Gasteiger partial charge < -0.3 is 4.79 Å². The number of nitrogens with zero attached hydrogens (tertiary/aromatic N) is 3. The van der Waals surface area contributed by atoms with E-state index in [1.54, 1.807) is 4.68 Å². The van der Waals surface area contributed by atoms with E-state index in [9.17, 15) is 4.79 Å². The van der Waals surface area contributed by atoms with Crippen LogP contribution in [0.2, 0.25) is 0 Å². The topological polar surface area (TPSA) is 47.8 Å². The summed E-state index contributed by atoms with van der Waals surface area (Å²) in [7, 11) is 0. The first kappa shape index (κ1) is 14.7. The molecule has 0 spiro atoms. The third-order valence-electron chi connectivity index (χ3n) is 2.57. The van der Waals surface area contributed by atoms with Crippen molar-refractivity contribution < 1.29 is 4.79 Å². The lowest BCUT2D eigenvalue weighted by molar-refractivity contribution is -0.111. The van der Waals surface area contributed by atoms with Gasteiger partial charge in [0, 0.05) is 12.5 Å². The van der Waals surface area contributed by atoms with E-state index in [1.807, 2.05) is 6.92 Å². The third kappa shape index (κ3) is 4.45. The van der Waals surface area contributed by atoms with Gasteiger partial charge in [-0.05, 0) is 19.3 Å². The molecule has 0 saturated carbocycles. The Labute approximate surface area is 115 Å². The first-order valence-corrected chi connectivity index (χ1v) is 6.53. The van der Waals surface area contributed by atoms with Crippen LogP contribution in [0.4, 0.5) is 0 Å². The maximum absolute atomic E-state index is 10.7.